The molecule has 0 saturated carbocycles. The molecule has 0 heterocycles. The third kappa shape index (κ3) is 33.6. The Balaban J connectivity index is 0. The van der Waals surface area contributed by atoms with Gasteiger partial charge in [-0.2, -0.15) is 0 Å². The van der Waals surface area contributed by atoms with E-state index in [1.165, 1.54) is 6.92 Å². The van der Waals surface area contributed by atoms with Crippen molar-refractivity contribution in [2.75, 3.05) is 6.61 Å². The molecule has 1 N–H and O–H groups in total. The molecule has 0 spiro atoms. The SMILES string of the molecule is CC(=O)S.CC(=S)OCC(C)(C)O. The van der Waals surface area contributed by atoms with Crippen LogP contribution in [0.15, 0.2) is 0 Å². The van der Waals surface area contributed by atoms with Crippen LogP contribution in [0.4, 0.5) is 0 Å². The zero-order valence-electron chi connectivity index (χ0n) is 8.33. The average Bonchev–Trinajstić information content (AvgIpc) is 1.80. The van der Waals surface area contributed by atoms with E-state index in [4.69, 9.17) is 9.84 Å². The van der Waals surface area contributed by atoms with Crippen LogP contribution in [0.25, 0.3) is 0 Å². The number of thiol groups is 1. The number of rotatable bonds is 2. The van der Waals surface area contributed by atoms with Gasteiger partial charge in [-0.25, -0.2) is 0 Å². The maximum absolute atomic E-state index is 9.31. The summed E-state index contributed by atoms with van der Waals surface area (Å²) >= 11 is 7.96. The summed E-state index contributed by atoms with van der Waals surface area (Å²) in [6.07, 6.45) is 0. The fourth-order valence-electron chi connectivity index (χ4n) is 0.278. The molecule has 3 nitrogen and oxygen atoms in total. The smallest absolute Gasteiger partial charge is 0.182 e. The Morgan fingerprint density at radius 2 is 1.85 bits per heavy atom. The lowest BCUT2D eigenvalue weighted by atomic mass is 10.2. The van der Waals surface area contributed by atoms with Crippen LogP contribution in [0.2, 0.25) is 0 Å². The Morgan fingerprint density at radius 1 is 1.54 bits per heavy atom. The van der Waals surface area contributed by atoms with E-state index >= 15 is 0 Å². The number of carbonyl (C=O) groups excluding carboxylic acids is 1. The van der Waals surface area contributed by atoms with Gasteiger partial charge in [-0.1, -0.05) is 0 Å². The quantitative estimate of drug-likeness (QED) is 0.552. The molecular formula is C8H16O3S2. The standard InChI is InChI=1S/C6H12O2S.C2H4OS/c1-5(9)8-4-6(2,3)7;1-2(3)4/h7H,4H2,1-3H3;1H3,(H,3,4). The molecule has 0 atom stereocenters. The zero-order chi connectivity index (χ0) is 11.1. The Bertz CT molecular complexity index is 169. The predicted octanol–water partition coefficient (Wildman–Crippen LogP) is 1.58. The van der Waals surface area contributed by atoms with Crippen LogP contribution in [-0.2, 0) is 9.53 Å². The number of thiocarbonyl (C=S) groups is 1. The number of hydrogen-bond acceptors (Lipinski definition) is 4. The van der Waals surface area contributed by atoms with Gasteiger partial charge >= 0.3 is 0 Å². The number of carbonyl (C=O) groups is 1. The second-order valence-corrected chi connectivity index (χ2v) is 4.32. The summed E-state index contributed by atoms with van der Waals surface area (Å²) in [4.78, 5) is 9.31. The van der Waals surface area contributed by atoms with E-state index in [-0.39, 0.29) is 11.7 Å². The molecule has 0 saturated heterocycles. The number of hydrogen-bond donors (Lipinski definition) is 2. The second kappa shape index (κ2) is 7.29. The topological polar surface area (TPSA) is 46.5 Å². The Morgan fingerprint density at radius 3 is 1.92 bits per heavy atom. The molecule has 0 rings (SSSR count). The molecule has 0 fully saturated rings. The first-order valence-corrected chi connectivity index (χ1v) is 4.56. The van der Waals surface area contributed by atoms with E-state index in [0.717, 1.165) is 0 Å². The van der Waals surface area contributed by atoms with Gasteiger partial charge in [-0.3, -0.25) is 4.79 Å². The normalized spacial score (nSPS) is 9.69. The summed E-state index contributed by atoms with van der Waals surface area (Å²) in [6, 6.07) is 0. The first-order chi connectivity index (χ1) is 5.65. The molecule has 0 aliphatic rings. The second-order valence-electron chi connectivity index (χ2n) is 3.11. The highest BCUT2D eigenvalue weighted by atomic mass is 32.1. The van der Waals surface area contributed by atoms with Gasteiger partial charge in [0.15, 0.2) is 10.2 Å². The molecule has 0 amide bonds. The van der Waals surface area contributed by atoms with Gasteiger partial charge in [0, 0.05) is 13.8 Å². The Hall–Kier alpha value is -0.130. The molecule has 0 aromatic rings. The number of aliphatic hydroxyl groups is 1. The van der Waals surface area contributed by atoms with Crippen LogP contribution < -0.4 is 0 Å². The van der Waals surface area contributed by atoms with E-state index < -0.39 is 5.60 Å². The molecule has 5 heteroatoms. The summed E-state index contributed by atoms with van der Waals surface area (Å²) in [6.45, 7) is 6.68. The minimum atomic E-state index is -0.778. The van der Waals surface area contributed by atoms with E-state index in [1.54, 1.807) is 20.8 Å². The maximum atomic E-state index is 9.31. The minimum absolute atomic E-state index is 0.139. The molecule has 0 unspecified atom stereocenters. The first kappa shape index (κ1) is 15.3. The summed E-state index contributed by atoms with van der Waals surface area (Å²) < 4.78 is 4.89. The zero-order valence-corrected chi connectivity index (χ0v) is 10.0. The molecule has 0 radical (unpaired) electrons. The van der Waals surface area contributed by atoms with Gasteiger partial charge < -0.3 is 9.84 Å². The van der Waals surface area contributed by atoms with Crippen molar-refractivity contribution in [2.24, 2.45) is 0 Å². The Labute approximate surface area is 89.9 Å². The first-order valence-electron chi connectivity index (χ1n) is 3.70. The van der Waals surface area contributed by atoms with Gasteiger partial charge in [0.05, 0.1) is 5.60 Å². The minimum Gasteiger partial charge on any atom is -0.484 e. The third-order valence-corrected chi connectivity index (χ3v) is 0.747. The highest BCUT2D eigenvalue weighted by molar-refractivity contribution is 7.96. The average molecular weight is 224 g/mol. The summed E-state index contributed by atoms with van der Waals surface area (Å²) in [5.41, 5.74) is -0.778. The molecule has 78 valence electrons. The highest BCUT2D eigenvalue weighted by Crippen LogP contribution is 2.00. The Kier molecular flexibility index (Phi) is 8.61. The summed E-state index contributed by atoms with van der Waals surface area (Å²) in [5, 5.41) is 9.41. The van der Waals surface area contributed by atoms with Crippen molar-refractivity contribution in [3.05, 3.63) is 0 Å². The van der Waals surface area contributed by atoms with Gasteiger partial charge in [0.25, 0.3) is 0 Å². The van der Waals surface area contributed by atoms with Crippen molar-refractivity contribution in [3.63, 3.8) is 0 Å². The van der Waals surface area contributed by atoms with Crippen LogP contribution in [-0.4, -0.2) is 27.5 Å². The fourth-order valence-corrected chi connectivity index (χ4v) is 0.337. The van der Waals surface area contributed by atoms with Crippen molar-refractivity contribution < 1.29 is 14.6 Å². The van der Waals surface area contributed by atoms with E-state index in [2.05, 4.69) is 24.8 Å². The molecular weight excluding hydrogens is 208 g/mol. The summed E-state index contributed by atoms with van der Waals surface area (Å²) in [5.74, 6) is 0. The molecule has 13 heavy (non-hydrogen) atoms. The third-order valence-electron chi connectivity index (χ3n) is 0.629. The molecule has 0 bridgehead atoms. The lowest BCUT2D eigenvalue weighted by Gasteiger charge is -2.16. The molecule has 0 aromatic carbocycles. The molecule has 0 aliphatic carbocycles. The van der Waals surface area contributed by atoms with Crippen molar-refractivity contribution in [3.8, 4) is 0 Å². The fraction of sp³-hybridized carbons (Fsp3) is 0.750. The van der Waals surface area contributed by atoms with Crippen molar-refractivity contribution >= 4 is 35.0 Å². The maximum Gasteiger partial charge on any atom is 0.182 e. The lowest BCUT2D eigenvalue weighted by molar-refractivity contribution is -0.108. The van der Waals surface area contributed by atoms with E-state index in [1.807, 2.05) is 0 Å². The van der Waals surface area contributed by atoms with Crippen LogP contribution in [0.5, 0.6) is 0 Å². The van der Waals surface area contributed by atoms with Crippen molar-refractivity contribution in [1.29, 1.82) is 0 Å². The van der Waals surface area contributed by atoms with Gasteiger partial charge in [-0.15, -0.1) is 12.6 Å². The van der Waals surface area contributed by atoms with Gasteiger partial charge in [-0.05, 0) is 26.1 Å². The van der Waals surface area contributed by atoms with Crippen LogP contribution in [0.1, 0.15) is 27.7 Å². The van der Waals surface area contributed by atoms with Crippen LogP contribution in [0, 0.1) is 0 Å². The monoisotopic (exact) mass is 224 g/mol. The lowest BCUT2D eigenvalue weighted by Crippen LogP contribution is -2.26. The van der Waals surface area contributed by atoms with Crippen molar-refractivity contribution in [2.45, 2.75) is 33.3 Å². The largest absolute Gasteiger partial charge is 0.484 e. The van der Waals surface area contributed by atoms with Gasteiger partial charge in [0.1, 0.15) is 6.61 Å². The van der Waals surface area contributed by atoms with E-state index in [9.17, 15) is 4.79 Å². The van der Waals surface area contributed by atoms with Gasteiger partial charge in [0.2, 0.25) is 0 Å². The predicted molar refractivity (Wildman–Crippen MR) is 60.2 cm³/mol. The molecule has 0 aliphatic heterocycles. The highest BCUT2D eigenvalue weighted by Gasteiger charge is 2.12. The summed E-state index contributed by atoms with van der Waals surface area (Å²) in [7, 11) is 0. The van der Waals surface area contributed by atoms with E-state index in [0.29, 0.717) is 5.05 Å². The van der Waals surface area contributed by atoms with Crippen LogP contribution >= 0.6 is 24.8 Å². The molecule has 0 aromatic heterocycles. The van der Waals surface area contributed by atoms with Crippen LogP contribution in [0.3, 0.4) is 0 Å². The van der Waals surface area contributed by atoms with Crippen molar-refractivity contribution in [1.82, 2.24) is 0 Å². The number of ether oxygens (including phenoxy) is 1.